The smallest absolute Gasteiger partial charge is 0.271 e. The van der Waals surface area contributed by atoms with Gasteiger partial charge < -0.3 is 4.90 Å². The summed E-state index contributed by atoms with van der Waals surface area (Å²) < 4.78 is 0. The molecule has 0 aliphatic rings. The number of rotatable bonds is 5. The number of anilines is 1. The highest BCUT2D eigenvalue weighted by Gasteiger charge is 2.29. The van der Waals surface area contributed by atoms with Crippen molar-refractivity contribution in [2.24, 2.45) is 0 Å². The lowest BCUT2D eigenvalue weighted by molar-refractivity contribution is -0.384. The van der Waals surface area contributed by atoms with Crippen LogP contribution in [-0.2, 0) is 10.3 Å². The SMILES string of the molecule is CC(C)(c1ccccc1)N(C=O)c1cccc([N+](=O)[O-])c1. The van der Waals surface area contributed by atoms with Gasteiger partial charge in [0.05, 0.1) is 16.1 Å². The molecule has 5 nitrogen and oxygen atoms in total. The van der Waals surface area contributed by atoms with Gasteiger partial charge >= 0.3 is 0 Å². The molecule has 2 aromatic rings. The Morgan fingerprint density at radius 3 is 2.33 bits per heavy atom. The maximum Gasteiger partial charge on any atom is 0.271 e. The molecule has 0 spiro atoms. The van der Waals surface area contributed by atoms with Crippen LogP contribution < -0.4 is 4.90 Å². The fraction of sp³-hybridized carbons (Fsp3) is 0.188. The van der Waals surface area contributed by atoms with Crippen molar-refractivity contribution in [3.8, 4) is 0 Å². The van der Waals surface area contributed by atoms with E-state index >= 15 is 0 Å². The van der Waals surface area contributed by atoms with E-state index < -0.39 is 10.5 Å². The van der Waals surface area contributed by atoms with E-state index in [9.17, 15) is 14.9 Å². The van der Waals surface area contributed by atoms with Crippen LogP contribution in [0.5, 0.6) is 0 Å². The zero-order valence-corrected chi connectivity index (χ0v) is 11.9. The van der Waals surface area contributed by atoms with E-state index in [1.165, 1.54) is 17.0 Å². The van der Waals surface area contributed by atoms with Crippen LogP contribution in [0.25, 0.3) is 0 Å². The maximum absolute atomic E-state index is 11.6. The minimum atomic E-state index is -0.613. The third-order valence-corrected chi connectivity index (χ3v) is 3.51. The molecule has 0 radical (unpaired) electrons. The molecule has 0 unspecified atom stereocenters. The molecule has 0 N–H and O–H groups in total. The van der Waals surface area contributed by atoms with Gasteiger partial charge in [-0.3, -0.25) is 14.9 Å². The summed E-state index contributed by atoms with van der Waals surface area (Å²) in [5.74, 6) is 0. The van der Waals surface area contributed by atoms with Crippen LogP contribution in [-0.4, -0.2) is 11.3 Å². The fourth-order valence-corrected chi connectivity index (χ4v) is 2.26. The average molecular weight is 284 g/mol. The predicted octanol–water partition coefficient (Wildman–Crippen LogP) is 3.49. The van der Waals surface area contributed by atoms with E-state index in [2.05, 4.69) is 0 Å². The number of benzene rings is 2. The third-order valence-electron chi connectivity index (χ3n) is 3.51. The predicted molar refractivity (Wildman–Crippen MR) is 81.1 cm³/mol. The normalized spacial score (nSPS) is 11.0. The van der Waals surface area contributed by atoms with E-state index in [1.807, 2.05) is 44.2 Å². The van der Waals surface area contributed by atoms with Crippen molar-refractivity contribution in [2.45, 2.75) is 19.4 Å². The fourth-order valence-electron chi connectivity index (χ4n) is 2.26. The topological polar surface area (TPSA) is 63.5 Å². The van der Waals surface area contributed by atoms with E-state index in [0.717, 1.165) is 5.56 Å². The number of hydrogen-bond donors (Lipinski definition) is 0. The summed E-state index contributed by atoms with van der Waals surface area (Å²) in [5.41, 5.74) is 0.790. The Labute approximate surface area is 123 Å². The summed E-state index contributed by atoms with van der Waals surface area (Å²) >= 11 is 0. The molecule has 0 fully saturated rings. The van der Waals surface area contributed by atoms with Gasteiger partial charge in [0.25, 0.3) is 5.69 Å². The molecule has 5 heteroatoms. The quantitative estimate of drug-likeness (QED) is 0.479. The van der Waals surface area contributed by atoms with Gasteiger partial charge in [0, 0.05) is 12.1 Å². The second kappa shape index (κ2) is 5.75. The maximum atomic E-state index is 11.6. The molecule has 21 heavy (non-hydrogen) atoms. The summed E-state index contributed by atoms with van der Waals surface area (Å²) in [6.07, 6.45) is 0.700. The molecule has 0 aromatic heterocycles. The Bertz CT molecular complexity index is 654. The van der Waals surface area contributed by atoms with Crippen LogP contribution in [0.1, 0.15) is 19.4 Å². The lowest BCUT2D eigenvalue weighted by Gasteiger charge is -2.36. The minimum absolute atomic E-state index is 0.0387. The second-order valence-electron chi connectivity index (χ2n) is 5.18. The molecule has 0 aliphatic heterocycles. The molecule has 0 atom stereocenters. The molecule has 2 rings (SSSR count). The Hall–Kier alpha value is -2.69. The van der Waals surface area contributed by atoms with Crippen molar-refractivity contribution >= 4 is 17.8 Å². The van der Waals surface area contributed by atoms with E-state index in [-0.39, 0.29) is 5.69 Å². The first kappa shape index (κ1) is 14.7. The number of non-ortho nitro benzene ring substituents is 1. The highest BCUT2D eigenvalue weighted by molar-refractivity contribution is 5.78. The molecule has 1 amide bonds. The Kier molecular flexibility index (Phi) is 4.03. The lowest BCUT2D eigenvalue weighted by atomic mass is 9.92. The third kappa shape index (κ3) is 2.91. The van der Waals surface area contributed by atoms with Crippen LogP contribution in [0, 0.1) is 10.1 Å². The number of amides is 1. The number of nitro groups is 1. The highest BCUT2D eigenvalue weighted by atomic mass is 16.6. The molecule has 2 aromatic carbocycles. The first-order chi connectivity index (χ1) is 9.96. The van der Waals surface area contributed by atoms with Gasteiger partial charge in [-0.05, 0) is 25.5 Å². The summed E-state index contributed by atoms with van der Waals surface area (Å²) in [6.45, 7) is 3.80. The Morgan fingerprint density at radius 2 is 1.76 bits per heavy atom. The largest absolute Gasteiger partial charge is 0.305 e. The molecular weight excluding hydrogens is 268 g/mol. The monoisotopic (exact) mass is 284 g/mol. The average Bonchev–Trinajstić information content (AvgIpc) is 2.49. The summed E-state index contributed by atoms with van der Waals surface area (Å²) in [4.78, 5) is 23.5. The standard InChI is InChI=1S/C16H16N2O3/c1-16(2,13-7-4-3-5-8-13)17(12-19)14-9-6-10-15(11-14)18(20)21/h3-12H,1-2H3. The van der Waals surface area contributed by atoms with Crippen molar-refractivity contribution in [1.82, 2.24) is 0 Å². The molecule has 108 valence electrons. The van der Waals surface area contributed by atoms with Gasteiger partial charge in [0.2, 0.25) is 6.41 Å². The van der Waals surface area contributed by atoms with Gasteiger partial charge in [0.15, 0.2) is 0 Å². The first-order valence-electron chi connectivity index (χ1n) is 6.51. The minimum Gasteiger partial charge on any atom is -0.305 e. The molecule has 0 bridgehead atoms. The molecule has 0 heterocycles. The van der Waals surface area contributed by atoms with Crippen molar-refractivity contribution in [1.29, 1.82) is 0 Å². The highest BCUT2D eigenvalue weighted by Crippen LogP contribution is 2.32. The molecule has 0 aliphatic carbocycles. The van der Waals surface area contributed by atoms with Gasteiger partial charge in [0.1, 0.15) is 0 Å². The van der Waals surface area contributed by atoms with Crippen molar-refractivity contribution in [3.63, 3.8) is 0 Å². The second-order valence-corrected chi connectivity index (χ2v) is 5.18. The van der Waals surface area contributed by atoms with Gasteiger partial charge in [-0.2, -0.15) is 0 Å². The zero-order chi connectivity index (χ0) is 15.5. The van der Waals surface area contributed by atoms with Gasteiger partial charge in [-0.25, -0.2) is 0 Å². The van der Waals surface area contributed by atoms with E-state index in [0.29, 0.717) is 12.1 Å². The van der Waals surface area contributed by atoms with Crippen molar-refractivity contribution in [3.05, 3.63) is 70.3 Å². The Balaban J connectivity index is 2.46. The van der Waals surface area contributed by atoms with Crippen LogP contribution >= 0.6 is 0 Å². The molecule has 0 saturated heterocycles. The first-order valence-corrected chi connectivity index (χ1v) is 6.51. The van der Waals surface area contributed by atoms with Crippen molar-refractivity contribution < 1.29 is 9.72 Å². The number of carbonyl (C=O) groups excluding carboxylic acids is 1. The van der Waals surface area contributed by atoms with Crippen LogP contribution in [0.2, 0.25) is 0 Å². The van der Waals surface area contributed by atoms with Gasteiger partial charge in [-0.15, -0.1) is 0 Å². The number of hydrogen-bond acceptors (Lipinski definition) is 3. The van der Waals surface area contributed by atoms with Crippen LogP contribution in [0.3, 0.4) is 0 Å². The van der Waals surface area contributed by atoms with Crippen molar-refractivity contribution in [2.75, 3.05) is 4.90 Å². The number of carbonyl (C=O) groups is 1. The summed E-state index contributed by atoms with van der Waals surface area (Å²) in [5, 5.41) is 10.9. The number of nitro benzene ring substituents is 1. The summed E-state index contributed by atoms with van der Waals surface area (Å²) in [6, 6.07) is 15.6. The molecule has 0 saturated carbocycles. The van der Waals surface area contributed by atoms with Crippen LogP contribution in [0.15, 0.2) is 54.6 Å². The lowest BCUT2D eigenvalue weighted by Crippen LogP contribution is -2.40. The summed E-state index contributed by atoms with van der Waals surface area (Å²) in [7, 11) is 0. The molecular formula is C16H16N2O3. The van der Waals surface area contributed by atoms with Crippen LogP contribution in [0.4, 0.5) is 11.4 Å². The number of nitrogens with zero attached hydrogens (tertiary/aromatic N) is 2. The Morgan fingerprint density at radius 1 is 1.10 bits per heavy atom. The van der Waals surface area contributed by atoms with E-state index in [4.69, 9.17) is 0 Å². The van der Waals surface area contributed by atoms with Gasteiger partial charge in [-0.1, -0.05) is 36.4 Å². The van der Waals surface area contributed by atoms with E-state index in [1.54, 1.807) is 12.1 Å². The zero-order valence-electron chi connectivity index (χ0n) is 11.9.